The molecule has 0 atom stereocenters. The fourth-order valence-electron chi connectivity index (χ4n) is 3.09. The van der Waals surface area contributed by atoms with Crippen LogP contribution in [-0.4, -0.2) is 37.4 Å². The van der Waals surface area contributed by atoms with Gasteiger partial charge in [0.05, 0.1) is 4.90 Å². The number of carbonyl (C=O) groups is 1. The van der Waals surface area contributed by atoms with Crippen molar-refractivity contribution in [2.75, 3.05) is 13.1 Å². The maximum absolute atomic E-state index is 12.5. The Morgan fingerprint density at radius 1 is 1.04 bits per heavy atom. The van der Waals surface area contributed by atoms with E-state index in [-0.39, 0.29) is 10.8 Å². The van der Waals surface area contributed by atoms with Crippen molar-refractivity contribution in [3.63, 3.8) is 0 Å². The molecule has 0 aliphatic carbocycles. The molecule has 28 heavy (non-hydrogen) atoms. The molecule has 1 N–H and O–H groups in total. The van der Waals surface area contributed by atoms with E-state index in [0.29, 0.717) is 18.7 Å². The summed E-state index contributed by atoms with van der Waals surface area (Å²) in [6, 6.07) is 16.1. The van der Waals surface area contributed by atoms with E-state index in [1.165, 1.54) is 34.1 Å². The summed E-state index contributed by atoms with van der Waals surface area (Å²) < 4.78 is 26.5. The van der Waals surface area contributed by atoms with Gasteiger partial charge in [0.2, 0.25) is 10.0 Å². The number of rotatable bonds is 7. The molecule has 2 aromatic rings. The molecule has 0 aromatic heterocycles. The van der Waals surface area contributed by atoms with Gasteiger partial charge >= 0.3 is 0 Å². The molecule has 1 saturated heterocycles. The van der Waals surface area contributed by atoms with Crippen LogP contribution in [-0.2, 0) is 16.4 Å². The van der Waals surface area contributed by atoms with E-state index in [4.69, 9.17) is 0 Å². The lowest BCUT2D eigenvalue weighted by Gasteiger charge is -2.15. The summed E-state index contributed by atoms with van der Waals surface area (Å²) in [6.07, 6.45) is 3.38. The van der Waals surface area contributed by atoms with E-state index in [2.05, 4.69) is 22.7 Å². The Labute approximate surface area is 166 Å². The van der Waals surface area contributed by atoms with Crippen molar-refractivity contribution in [1.29, 1.82) is 0 Å². The minimum absolute atomic E-state index is 0.216. The number of hydrazone groups is 1. The minimum atomic E-state index is -3.47. The summed E-state index contributed by atoms with van der Waals surface area (Å²) in [6.45, 7) is 2.98. The molecule has 1 aliphatic heterocycles. The minimum Gasteiger partial charge on any atom is -0.267 e. The molecule has 6 nitrogen and oxygen atoms in total. The maximum atomic E-state index is 12.5. The number of aryl methyl sites for hydroxylation is 1. The third-order valence-corrected chi connectivity index (χ3v) is 6.70. The zero-order valence-electron chi connectivity index (χ0n) is 16.0. The average molecular weight is 400 g/mol. The van der Waals surface area contributed by atoms with Crippen molar-refractivity contribution in [3.05, 3.63) is 65.7 Å². The number of nitrogens with zero attached hydrogens (tertiary/aromatic N) is 2. The predicted molar refractivity (Wildman–Crippen MR) is 110 cm³/mol. The Kier molecular flexibility index (Phi) is 6.59. The van der Waals surface area contributed by atoms with E-state index in [9.17, 15) is 13.2 Å². The molecule has 0 bridgehead atoms. The van der Waals surface area contributed by atoms with Crippen LogP contribution in [0.2, 0.25) is 0 Å². The fourth-order valence-corrected chi connectivity index (χ4v) is 4.61. The molecule has 1 heterocycles. The highest BCUT2D eigenvalue weighted by atomic mass is 32.2. The van der Waals surface area contributed by atoms with Gasteiger partial charge in [0.25, 0.3) is 5.91 Å². The van der Waals surface area contributed by atoms with Gasteiger partial charge in [-0.3, -0.25) is 4.79 Å². The Morgan fingerprint density at radius 2 is 1.68 bits per heavy atom. The second-order valence-corrected chi connectivity index (χ2v) is 8.85. The SMILES string of the molecule is C/C(CCc1ccccc1)=N/NC(=O)c1ccc(S(=O)(=O)N2CCCC2)cc1. The third-order valence-electron chi connectivity index (χ3n) is 4.79. The van der Waals surface area contributed by atoms with E-state index < -0.39 is 10.0 Å². The highest BCUT2D eigenvalue weighted by Crippen LogP contribution is 2.21. The Hall–Kier alpha value is -2.51. The van der Waals surface area contributed by atoms with Gasteiger partial charge in [-0.1, -0.05) is 30.3 Å². The quantitative estimate of drug-likeness (QED) is 0.574. The first kappa shape index (κ1) is 20.2. The normalized spacial score (nSPS) is 15.5. The third kappa shape index (κ3) is 5.05. The van der Waals surface area contributed by atoms with Gasteiger partial charge < -0.3 is 0 Å². The monoisotopic (exact) mass is 399 g/mol. The molecule has 0 radical (unpaired) electrons. The topological polar surface area (TPSA) is 78.8 Å². The van der Waals surface area contributed by atoms with Gasteiger partial charge in [-0.2, -0.15) is 9.41 Å². The standard InChI is InChI=1S/C21H25N3O3S/c1-17(9-10-18-7-3-2-4-8-18)22-23-21(25)19-11-13-20(14-12-19)28(26,27)24-15-5-6-16-24/h2-4,7-8,11-14H,5-6,9-10,15-16H2,1H3,(H,23,25)/b22-17-. The van der Waals surface area contributed by atoms with Crippen molar-refractivity contribution < 1.29 is 13.2 Å². The number of amides is 1. The molecular formula is C21H25N3O3S. The highest BCUT2D eigenvalue weighted by Gasteiger charge is 2.27. The van der Waals surface area contributed by atoms with Crippen molar-refractivity contribution in [1.82, 2.24) is 9.73 Å². The molecule has 7 heteroatoms. The lowest BCUT2D eigenvalue weighted by molar-refractivity contribution is 0.0954. The van der Waals surface area contributed by atoms with Gasteiger partial charge in [-0.15, -0.1) is 0 Å². The van der Waals surface area contributed by atoms with Crippen LogP contribution in [0.4, 0.5) is 0 Å². The van der Waals surface area contributed by atoms with Crippen molar-refractivity contribution in [2.24, 2.45) is 5.10 Å². The second kappa shape index (κ2) is 9.12. The zero-order chi connectivity index (χ0) is 20.0. The molecule has 0 spiro atoms. The summed E-state index contributed by atoms with van der Waals surface area (Å²) in [7, 11) is -3.47. The van der Waals surface area contributed by atoms with Crippen LogP contribution < -0.4 is 5.43 Å². The van der Waals surface area contributed by atoms with Crippen LogP contribution in [0.25, 0.3) is 0 Å². The molecule has 0 saturated carbocycles. The largest absolute Gasteiger partial charge is 0.271 e. The van der Waals surface area contributed by atoms with Crippen molar-refractivity contribution >= 4 is 21.6 Å². The molecule has 2 aromatic carbocycles. The second-order valence-electron chi connectivity index (χ2n) is 6.91. The van der Waals surface area contributed by atoms with Gasteiger partial charge in [0, 0.05) is 24.4 Å². The molecule has 1 amide bonds. The number of nitrogens with one attached hydrogen (secondary N) is 1. The van der Waals surface area contributed by atoms with Crippen LogP contribution >= 0.6 is 0 Å². The zero-order valence-corrected chi connectivity index (χ0v) is 16.8. The van der Waals surface area contributed by atoms with Crippen LogP contribution in [0.15, 0.2) is 64.6 Å². The first-order valence-corrected chi connectivity index (χ1v) is 10.9. The molecule has 148 valence electrons. The summed E-state index contributed by atoms with van der Waals surface area (Å²) in [4.78, 5) is 12.5. The van der Waals surface area contributed by atoms with Crippen LogP contribution in [0.5, 0.6) is 0 Å². The average Bonchev–Trinajstić information content (AvgIpc) is 3.27. The maximum Gasteiger partial charge on any atom is 0.271 e. The smallest absolute Gasteiger partial charge is 0.267 e. The lowest BCUT2D eigenvalue weighted by atomic mass is 10.1. The molecule has 1 aliphatic rings. The molecular weight excluding hydrogens is 374 g/mol. The number of hydrogen-bond donors (Lipinski definition) is 1. The van der Waals surface area contributed by atoms with Gasteiger partial charge in [0.15, 0.2) is 0 Å². The van der Waals surface area contributed by atoms with E-state index in [1.807, 2.05) is 25.1 Å². The molecule has 0 unspecified atom stereocenters. The summed E-state index contributed by atoms with van der Waals surface area (Å²) in [5.41, 5.74) is 4.96. The Balaban J connectivity index is 1.57. The molecule has 3 rings (SSSR count). The van der Waals surface area contributed by atoms with Crippen molar-refractivity contribution in [2.45, 2.75) is 37.5 Å². The van der Waals surface area contributed by atoms with Gasteiger partial charge in [-0.05, 0) is 62.4 Å². The lowest BCUT2D eigenvalue weighted by Crippen LogP contribution is -2.28. The predicted octanol–water partition coefficient (Wildman–Crippen LogP) is 3.21. The summed E-state index contributed by atoms with van der Waals surface area (Å²) >= 11 is 0. The van der Waals surface area contributed by atoms with E-state index >= 15 is 0 Å². The summed E-state index contributed by atoms with van der Waals surface area (Å²) in [5, 5.41) is 4.14. The Bertz CT molecular complexity index is 933. The highest BCUT2D eigenvalue weighted by molar-refractivity contribution is 7.89. The first-order chi connectivity index (χ1) is 13.5. The van der Waals surface area contributed by atoms with Crippen molar-refractivity contribution in [3.8, 4) is 0 Å². The summed E-state index contributed by atoms with van der Waals surface area (Å²) in [5.74, 6) is -0.357. The van der Waals surface area contributed by atoms with Crippen LogP contribution in [0.1, 0.15) is 42.1 Å². The number of sulfonamides is 1. The number of benzene rings is 2. The number of hydrogen-bond acceptors (Lipinski definition) is 4. The van der Waals surface area contributed by atoms with Crippen LogP contribution in [0.3, 0.4) is 0 Å². The van der Waals surface area contributed by atoms with Gasteiger partial charge in [-0.25, -0.2) is 13.8 Å². The molecule has 1 fully saturated rings. The Morgan fingerprint density at radius 3 is 2.32 bits per heavy atom. The first-order valence-electron chi connectivity index (χ1n) is 9.44. The van der Waals surface area contributed by atoms with Crippen LogP contribution in [0, 0.1) is 0 Å². The fraction of sp³-hybridized carbons (Fsp3) is 0.333. The van der Waals surface area contributed by atoms with E-state index in [0.717, 1.165) is 31.4 Å². The van der Waals surface area contributed by atoms with E-state index in [1.54, 1.807) is 0 Å². The van der Waals surface area contributed by atoms with Gasteiger partial charge in [0.1, 0.15) is 0 Å². The number of carbonyl (C=O) groups excluding carboxylic acids is 1.